The Morgan fingerprint density at radius 3 is 2.82 bits per heavy atom. The maximum atomic E-state index is 13.6. The average molecular weight is 487 g/mol. The number of benzene rings is 1. The van der Waals surface area contributed by atoms with Crippen LogP contribution in [-0.2, 0) is 20.7 Å². The minimum Gasteiger partial charge on any atom is -0.497 e. The molecule has 1 aromatic carbocycles. The third-order valence-electron chi connectivity index (χ3n) is 6.44. The largest absolute Gasteiger partial charge is 0.497 e. The summed E-state index contributed by atoms with van der Waals surface area (Å²) in [6.07, 6.45) is 2.75. The number of carbonyl (C=O) groups is 2. The molecule has 2 atom stereocenters. The lowest BCUT2D eigenvalue weighted by Crippen LogP contribution is -2.50. The zero-order chi connectivity index (χ0) is 24.1. The van der Waals surface area contributed by atoms with Crippen molar-refractivity contribution in [2.75, 3.05) is 40.0 Å². The van der Waals surface area contributed by atoms with Crippen LogP contribution in [0.15, 0.2) is 35.7 Å². The van der Waals surface area contributed by atoms with Gasteiger partial charge in [0.1, 0.15) is 18.1 Å². The smallest absolute Gasteiger partial charge is 0.242 e. The van der Waals surface area contributed by atoms with E-state index in [1.54, 1.807) is 23.3 Å². The number of rotatable bonds is 9. The Labute approximate surface area is 205 Å². The van der Waals surface area contributed by atoms with Gasteiger partial charge in [-0.3, -0.25) is 9.59 Å². The van der Waals surface area contributed by atoms with Crippen molar-refractivity contribution in [2.24, 2.45) is 5.92 Å². The molecule has 1 fully saturated rings. The van der Waals surface area contributed by atoms with E-state index in [4.69, 9.17) is 14.2 Å². The minimum atomic E-state index is -0.201. The van der Waals surface area contributed by atoms with Crippen LogP contribution in [0.3, 0.4) is 0 Å². The predicted molar refractivity (Wildman–Crippen MR) is 131 cm³/mol. The van der Waals surface area contributed by atoms with Crippen LogP contribution in [0, 0.1) is 5.92 Å². The van der Waals surface area contributed by atoms with Crippen molar-refractivity contribution in [1.29, 1.82) is 0 Å². The number of nitrogens with zero attached hydrogens (tertiary/aromatic N) is 2. The van der Waals surface area contributed by atoms with Gasteiger partial charge in [-0.15, -0.1) is 11.3 Å². The van der Waals surface area contributed by atoms with Crippen LogP contribution in [0.2, 0.25) is 0 Å². The molecule has 8 heteroatoms. The van der Waals surface area contributed by atoms with Gasteiger partial charge in [0.05, 0.1) is 25.8 Å². The summed E-state index contributed by atoms with van der Waals surface area (Å²) >= 11 is 1.72. The van der Waals surface area contributed by atoms with Crippen LogP contribution in [-0.4, -0.2) is 67.7 Å². The second-order valence-corrected chi connectivity index (χ2v) is 10.2. The van der Waals surface area contributed by atoms with E-state index >= 15 is 0 Å². The number of fused-ring (bicyclic) bond motifs is 1. The van der Waals surface area contributed by atoms with E-state index in [1.165, 1.54) is 4.88 Å². The van der Waals surface area contributed by atoms with Gasteiger partial charge in [-0.1, -0.05) is 19.9 Å². The molecule has 2 aliphatic rings. The van der Waals surface area contributed by atoms with Crippen molar-refractivity contribution >= 4 is 23.2 Å². The van der Waals surface area contributed by atoms with Crippen LogP contribution in [0.1, 0.15) is 43.2 Å². The first-order valence-electron chi connectivity index (χ1n) is 12.0. The van der Waals surface area contributed by atoms with Crippen LogP contribution < -0.4 is 9.47 Å². The lowest BCUT2D eigenvalue weighted by Gasteiger charge is -2.37. The second kappa shape index (κ2) is 11.2. The standard InChI is InChI=1S/C26H34N2O5S/c1-18(2)26(30)27(15-21-8-5-12-32-21)16-25(29)28-11-9-24-22(10-13-34-24)23(28)17-33-20-7-4-6-19(14-20)31-3/h4,6-7,10,13-14,18,21,23H,5,8-9,11-12,15-17H2,1-3H3/t21-,23-/m0/s1. The Morgan fingerprint density at radius 2 is 2.09 bits per heavy atom. The molecular formula is C26H34N2O5S. The van der Waals surface area contributed by atoms with Gasteiger partial charge >= 0.3 is 0 Å². The van der Waals surface area contributed by atoms with E-state index in [9.17, 15) is 9.59 Å². The highest BCUT2D eigenvalue weighted by atomic mass is 32.1. The Morgan fingerprint density at radius 1 is 1.26 bits per heavy atom. The summed E-state index contributed by atoms with van der Waals surface area (Å²) < 4.78 is 17.2. The van der Waals surface area contributed by atoms with Gasteiger partial charge in [-0.25, -0.2) is 0 Å². The first-order chi connectivity index (χ1) is 16.5. The van der Waals surface area contributed by atoms with Crippen molar-refractivity contribution in [3.05, 3.63) is 46.2 Å². The van der Waals surface area contributed by atoms with Gasteiger partial charge < -0.3 is 24.0 Å². The Kier molecular flexibility index (Phi) is 8.11. The molecule has 7 nitrogen and oxygen atoms in total. The maximum Gasteiger partial charge on any atom is 0.242 e. The number of hydrogen-bond acceptors (Lipinski definition) is 6. The lowest BCUT2D eigenvalue weighted by atomic mass is 10.00. The summed E-state index contributed by atoms with van der Waals surface area (Å²) in [4.78, 5) is 31.4. The first-order valence-corrected chi connectivity index (χ1v) is 12.9. The van der Waals surface area contributed by atoms with Gasteiger partial charge in [-0.2, -0.15) is 0 Å². The molecule has 2 aromatic rings. The number of hydrogen-bond donors (Lipinski definition) is 0. The van der Waals surface area contributed by atoms with Gasteiger partial charge in [0.2, 0.25) is 11.8 Å². The summed E-state index contributed by atoms with van der Waals surface area (Å²) in [5, 5.41) is 2.07. The second-order valence-electron chi connectivity index (χ2n) is 9.15. The van der Waals surface area contributed by atoms with E-state index < -0.39 is 0 Å². The molecule has 0 aliphatic carbocycles. The molecule has 0 N–H and O–H groups in total. The summed E-state index contributed by atoms with van der Waals surface area (Å²) in [5.41, 5.74) is 1.13. The lowest BCUT2D eigenvalue weighted by molar-refractivity contribution is -0.145. The number of amides is 2. The molecular weight excluding hydrogens is 452 g/mol. The SMILES string of the molecule is COc1cccc(OC[C@H]2c3ccsc3CCN2C(=O)CN(C[C@@H]2CCCO2)C(=O)C(C)C)c1. The zero-order valence-electron chi connectivity index (χ0n) is 20.2. The van der Waals surface area contributed by atoms with Crippen LogP contribution in [0.25, 0.3) is 0 Å². The Bertz CT molecular complexity index is 985. The molecule has 0 saturated carbocycles. The monoisotopic (exact) mass is 486 g/mol. The highest BCUT2D eigenvalue weighted by Gasteiger charge is 2.34. The quantitative estimate of drug-likeness (QED) is 0.537. The van der Waals surface area contributed by atoms with E-state index in [0.717, 1.165) is 37.2 Å². The zero-order valence-corrected chi connectivity index (χ0v) is 21.0. The summed E-state index contributed by atoms with van der Waals surface area (Å²) in [7, 11) is 1.62. The highest BCUT2D eigenvalue weighted by Crippen LogP contribution is 2.34. The van der Waals surface area contributed by atoms with Crippen LogP contribution >= 0.6 is 11.3 Å². The topological polar surface area (TPSA) is 68.3 Å². The third kappa shape index (κ3) is 5.73. The van der Waals surface area contributed by atoms with E-state index in [-0.39, 0.29) is 36.4 Å². The maximum absolute atomic E-state index is 13.6. The normalized spacial score (nSPS) is 19.7. The Balaban J connectivity index is 1.49. The summed E-state index contributed by atoms with van der Waals surface area (Å²) in [5.74, 6) is 1.18. The number of methoxy groups -OCH3 is 1. The van der Waals surface area contributed by atoms with Crippen molar-refractivity contribution in [2.45, 2.75) is 45.3 Å². The molecule has 0 bridgehead atoms. The minimum absolute atomic E-state index is 0.00697. The van der Waals surface area contributed by atoms with Crippen LogP contribution in [0.4, 0.5) is 0 Å². The third-order valence-corrected chi connectivity index (χ3v) is 7.44. The van der Waals surface area contributed by atoms with E-state index in [1.807, 2.05) is 43.0 Å². The van der Waals surface area contributed by atoms with Crippen molar-refractivity contribution < 1.29 is 23.8 Å². The van der Waals surface area contributed by atoms with E-state index in [2.05, 4.69) is 11.4 Å². The van der Waals surface area contributed by atoms with Crippen molar-refractivity contribution in [3.63, 3.8) is 0 Å². The molecule has 184 valence electrons. The summed E-state index contributed by atoms with van der Waals surface area (Å²) in [6, 6.07) is 9.36. The molecule has 0 radical (unpaired) electrons. The molecule has 3 heterocycles. The van der Waals surface area contributed by atoms with Crippen molar-refractivity contribution in [1.82, 2.24) is 9.80 Å². The number of ether oxygens (including phenoxy) is 3. The molecule has 2 aliphatic heterocycles. The van der Waals surface area contributed by atoms with Gasteiger partial charge in [-0.05, 0) is 48.4 Å². The molecule has 2 amide bonds. The Hall–Kier alpha value is -2.58. The molecule has 1 aromatic heterocycles. The number of thiophene rings is 1. The molecule has 4 rings (SSSR count). The fourth-order valence-electron chi connectivity index (χ4n) is 4.63. The van der Waals surface area contributed by atoms with Gasteiger partial charge in [0.15, 0.2) is 0 Å². The highest BCUT2D eigenvalue weighted by molar-refractivity contribution is 7.10. The molecule has 1 saturated heterocycles. The first kappa shape index (κ1) is 24.5. The predicted octanol–water partition coefficient (Wildman–Crippen LogP) is 3.93. The fourth-order valence-corrected chi connectivity index (χ4v) is 5.55. The molecule has 0 spiro atoms. The van der Waals surface area contributed by atoms with Crippen molar-refractivity contribution in [3.8, 4) is 11.5 Å². The van der Waals surface area contributed by atoms with Gasteiger partial charge in [0, 0.05) is 36.6 Å². The number of carbonyl (C=O) groups excluding carboxylic acids is 2. The molecule has 0 unspecified atom stereocenters. The van der Waals surface area contributed by atoms with Gasteiger partial charge in [0.25, 0.3) is 0 Å². The summed E-state index contributed by atoms with van der Waals surface area (Å²) in [6.45, 7) is 5.95. The van der Waals surface area contributed by atoms with Crippen LogP contribution in [0.5, 0.6) is 11.5 Å². The fraction of sp³-hybridized carbons (Fsp3) is 0.538. The van der Waals surface area contributed by atoms with E-state index in [0.29, 0.717) is 25.4 Å². The molecule has 34 heavy (non-hydrogen) atoms. The average Bonchev–Trinajstić information content (AvgIpc) is 3.53.